The van der Waals surface area contributed by atoms with Gasteiger partial charge in [0, 0.05) is 42.9 Å². The number of hydrogen-bond donors (Lipinski definition) is 1. The molecular weight excluding hydrogens is 428 g/mol. The van der Waals surface area contributed by atoms with Crippen LogP contribution < -0.4 is 15.1 Å². The van der Waals surface area contributed by atoms with Crippen molar-refractivity contribution in [2.75, 3.05) is 41.3 Å². The van der Waals surface area contributed by atoms with Gasteiger partial charge in [-0.2, -0.15) is 0 Å². The molecule has 8 nitrogen and oxygen atoms in total. The SMILES string of the molecule is Cc1cccc(N2CCN(c3ncnc(Nc4cccc5ccccc45)c3[N+](=O)[O-])CC2)c1C. The number of rotatable bonds is 5. The third-order valence-electron chi connectivity index (χ3n) is 6.52. The molecule has 1 saturated heterocycles. The van der Waals surface area contributed by atoms with E-state index in [9.17, 15) is 10.1 Å². The van der Waals surface area contributed by atoms with Crippen LogP contribution in [0.1, 0.15) is 11.1 Å². The van der Waals surface area contributed by atoms with Crippen LogP contribution in [0.15, 0.2) is 67.0 Å². The summed E-state index contributed by atoms with van der Waals surface area (Å²) in [5, 5.41) is 17.4. The van der Waals surface area contributed by atoms with E-state index >= 15 is 0 Å². The van der Waals surface area contributed by atoms with Crippen molar-refractivity contribution in [2.45, 2.75) is 13.8 Å². The van der Waals surface area contributed by atoms with Gasteiger partial charge in [-0.15, -0.1) is 0 Å². The van der Waals surface area contributed by atoms with Crippen LogP contribution in [0.25, 0.3) is 10.8 Å². The van der Waals surface area contributed by atoms with Gasteiger partial charge in [-0.05, 0) is 42.5 Å². The van der Waals surface area contributed by atoms with Gasteiger partial charge in [-0.25, -0.2) is 9.97 Å². The molecule has 172 valence electrons. The third-order valence-corrected chi connectivity index (χ3v) is 6.52. The molecule has 34 heavy (non-hydrogen) atoms. The van der Waals surface area contributed by atoms with Crippen LogP contribution in [0.2, 0.25) is 0 Å². The summed E-state index contributed by atoms with van der Waals surface area (Å²) in [6.07, 6.45) is 1.40. The van der Waals surface area contributed by atoms with Crippen LogP contribution in [-0.4, -0.2) is 41.1 Å². The number of nitro groups is 1. The molecule has 0 spiro atoms. The number of hydrogen-bond acceptors (Lipinski definition) is 7. The highest BCUT2D eigenvalue weighted by Gasteiger charge is 2.30. The van der Waals surface area contributed by atoms with E-state index in [1.807, 2.05) is 47.4 Å². The zero-order chi connectivity index (χ0) is 23.7. The van der Waals surface area contributed by atoms with Crippen LogP contribution in [0.3, 0.4) is 0 Å². The zero-order valence-electron chi connectivity index (χ0n) is 19.2. The number of piperazine rings is 1. The molecule has 0 amide bonds. The van der Waals surface area contributed by atoms with Crippen LogP contribution in [0, 0.1) is 24.0 Å². The van der Waals surface area contributed by atoms with Crippen LogP contribution in [0.5, 0.6) is 0 Å². The Labute approximate surface area is 198 Å². The van der Waals surface area contributed by atoms with Crippen molar-refractivity contribution in [3.63, 3.8) is 0 Å². The molecule has 1 aliphatic heterocycles. The fraction of sp³-hybridized carbons (Fsp3) is 0.231. The normalized spacial score (nSPS) is 13.8. The first-order valence-electron chi connectivity index (χ1n) is 11.3. The molecule has 0 aliphatic carbocycles. The topological polar surface area (TPSA) is 87.4 Å². The second-order valence-corrected chi connectivity index (χ2v) is 8.50. The van der Waals surface area contributed by atoms with Crippen molar-refractivity contribution in [1.82, 2.24) is 9.97 Å². The van der Waals surface area contributed by atoms with E-state index in [1.54, 1.807) is 0 Å². The van der Waals surface area contributed by atoms with Crippen molar-refractivity contribution in [2.24, 2.45) is 0 Å². The van der Waals surface area contributed by atoms with Gasteiger partial charge in [0.15, 0.2) is 0 Å². The van der Waals surface area contributed by atoms with E-state index < -0.39 is 0 Å². The predicted molar refractivity (Wildman–Crippen MR) is 136 cm³/mol. The lowest BCUT2D eigenvalue weighted by Gasteiger charge is -2.37. The molecule has 1 aromatic heterocycles. The molecule has 2 heterocycles. The van der Waals surface area contributed by atoms with Crippen LogP contribution in [0.4, 0.5) is 28.7 Å². The Kier molecular flexibility index (Phi) is 5.71. The van der Waals surface area contributed by atoms with E-state index in [-0.39, 0.29) is 16.4 Å². The Morgan fingerprint density at radius 3 is 2.38 bits per heavy atom. The fourth-order valence-corrected chi connectivity index (χ4v) is 4.56. The Morgan fingerprint density at radius 2 is 1.59 bits per heavy atom. The molecule has 1 aliphatic rings. The summed E-state index contributed by atoms with van der Waals surface area (Å²) in [4.78, 5) is 24.7. The van der Waals surface area contributed by atoms with Crippen LogP contribution in [-0.2, 0) is 0 Å². The van der Waals surface area contributed by atoms with Gasteiger partial charge in [0.25, 0.3) is 0 Å². The summed E-state index contributed by atoms with van der Waals surface area (Å²) in [7, 11) is 0. The molecule has 3 aromatic carbocycles. The highest BCUT2D eigenvalue weighted by molar-refractivity contribution is 5.96. The average molecular weight is 455 g/mol. The van der Waals surface area contributed by atoms with Gasteiger partial charge in [-0.1, -0.05) is 48.5 Å². The molecule has 0 unspecified atom stereocenters. The summed E-state index contributed by atoms with van der Waals surface area (Å²) < 4.78 is 0. The van der Waals surface area contributed by atoms with Crippen molar-refractivity contribution in [3.05, 3.63) is 88.2 Å². The van der Waals surface area contributed by atoms with Gasteiger partial charge < -0.3 is 15.1 Å². The molecular formula is C26H26N6O2. The Bertz CT molecular complexity index is 1360. The van der Waals surface area contributed by atoms with E-state index in [4.69, 9.17) is 0 Å². The number of anilines is 4. The predicted octanol–water partition coefficient (Wildman–Crippen LogP) is 5.23. The highest BCUT2D eigenvalue weighted by Crippen LogP contribution is 2.36. The first-order valence-corrected chi connectivity index (χ1v) is 11.3. The van der Waals surface area contributed by atoms with Crippen molar-refractivity contribution in [1.29, 1.82) is 0 Å². The molecule has 4 aromatic rings. The number of aryl methyl sites for hydroxylation is 1. The van der Waals surface area contributed by atoms with Gasteiger partial charge in [-0.3, -0.25) is 10.1 Å². The molecule has 5 rings (SSSR count). The van der Waals surface area contributed by atoms with E-state index in [0.29, 0.717) is 18.9 Å². The number of nitrogens with zero attached hydrogens (tertiary/aromatic N) is 5. The molecule has 0 atom stereocenters. The van der Waals surface area contributed by atoms with Crippen molar-refractivity contribution in [3.8, 4) is 0 Å². The Balaban J connectivity index is 1.43. The monoisotopic (exact) mass is 454 g/mol. The standard InChI is InChI=1S/C26H26N6O2/c1-18-7-5-12-23(19(18)2)30-13-15-31(16-14-30)26-24(32(33)34)25(27-17-28-26)29-22-11-6-9-20-8-3-4-10-21(20)22/h3-12,17H,13-16H2,1-2H3,(H,27,28,29). The largest absolute Gasteiger partial charge is 0.368 e. The summed E-state index contributed by atoms with van der Waals surface area (Å²) in [5.74, 6) is 0.548. The quantitative estimate of drug-likeness (QED) is 0.326. The maximum atomic E-state index is 12.2. The summed E-state index contributed by atoms with van der Waals surface area (Å²) >= 11 is 0. The molecule has 0 saturated carbocycles. The second kappa shape index (κ2) is 8.97. The van der Waals surface area contributed by atoms with Gasteiger partial charge in [0.1, 0.15) is 6.33 Å². The highest BCUT2D eigenvalue weighted by atomic mass is 16.6. The molecule has 1 fully saturated rings. The van der Waals surface area contributed by atoms with E-state index in [1.165, 1.54) is 23.1 Å². The molecule has 8 heteroatoms. The van der Waals surface area contributed by atoms with E-state index in [0.717, 1.165) is 29.5 Å². The average Bonchev–Trinajstić information content (AvgIpc) is 2.86. The number of benzene rings is 3. The van der Waals surface area contributed by atoms with Crippen LogP contribution >= 0.6 is 0 Å². The maximum Gasteiger partial charge on any atom is 0.353 e. The molecule has 0 bridgehead atoms. The molecule has 0 radical (unpaired) electrons. The van der Waals surface area contributed by atoms with Crippen molar-refractivity contribution < 1.29 is 4.92 Å². The smallest absolute Gasteiger partial charge is 0.353 e. The van der Waals surface area contributed by atoms with Gasteiger partial charge in [0.05, 0.1) is 4.92 Å². The number of nitrogens with one attached hydrogen (secondary N) is 1. The zero-order valence-corrected chi connectivity index (χ0v) is 19.2. The third kappa shape index (κ3) is 3.98. The Hall–Kier alpha value is -4.20. The first kappa shape index (κ1) is 21.6. The van der Waals surface area contributed by atoms with Gasteiger partial charge >= 0.3 is 5.69 Å². The van der Waals surface area contributed by atoms with E-state index in [2.05, 4.69) is 52.2 Å². The first-order chi connectivity index (χ1) is 16.5. The number of fused-ring (bicyclic) bond motifs is 1. The fourth-order valence-electron chi connectivity index (χ4n) is 4.56. The molecule has 1 N–H and O–H groups in total. The second-order valence-electron chi connectivity index (χ2n) is 8.50. The maximum absolute atomic E-state index is 12.2. The van der Waals surface area contributed by atoms with Gasteiger partial charge in [0.2, 0.25) is 11.6 Å². The lowest BCUT2D eigenvalue weighted by Crippen LogP contribution is -2.47. The summed E-state index contributed by atoms with van der Waals surface area (Å²) in [5.41, 5.74) is 4.41. The number of aromatic nitrogens is 2. The lowest BCUT2D eigenvalue weighted by molar-refractivity contribution is -0.383. The van der Waals surface area contributed by atoms with Crippen molar-refractivity contribution >= 4 is 39.5 Å². The minimum Gasteiger partial charge on any atom is -0.368 e. The minimum atomic E-state index is -0.389. The Morgan fingerprint density at radius 1 is 0.882 bits per heavy atom. The summed E-state index contributed by atoms with van der Waals surface area (Å²) in [6, 6.07) is 20.1. The summed E-state index contributed by atoms with van der Waals surface area (Å²) in [6.45, 7) is 7.05. The minimum absolute atomic E-state index is 0.101. The lowest BCUT2D eigenvalue weighted by atomic mass is 10.1.